The second kappa shape index (κ2) is 9.84. The predicted molar refractivity (Wildman–Crippen MR) is 139 cm³/mol. The van der Waals surface area contributed by atoms with E-state index in [0.717, 1.165) is 58.7 Å². The summed E-state index contributed by atoms with van der Waals surface area (Å²) in [5, 5.41) is 18.4. The molecule has 1 aliphatic heterocycles. The van der Waals surface area contributed by atoms with Crippen molar-refractivity contribution in [2.24, 2.45) is 11.8 Å². The van der Waals surface area contributed by atoms with E-state index in [0.29, 0.717) is 18.1 Å². The number of likely N-dealkylation sites (tertiary alicyclic amines) is 1. The van der Waals surface area contributed by atoms with Crippen LogP contribution in [0.4, 0.5) is 0 Å². The second-order valence-corrected chi connectivity index (χ2v) is 10.6. The summed E-state index contributed by atoms with van der Waals surface area (Å²) in [4.78, 5) is 13.5. The molecule has 1 aliphatic carbocycles. The van der Waals surface area contributed by atoms with Crippen LogP contribution < -0.4 is 4.74 Å². The topological polar surface area (TPSA) is 78.5 Å². The average Bonchev–Trinajstić information content (AvgIpc) is 3.46. The Labute approximate surface area is 214 Å². The first kappa shape index (κ1) is 24.2. The Bertz CT molecular complexity index is 1300. The molecule has 184 valence electrons. The van der Waals surface area contributed by atoms with Crippen LogP contribution in [0, 0.1) is 11.8 Å². The van der Waals surface area contributed by atoms with E-state index in [1.54, 1.807) is 0 Å². The standard InChI is InChI=1S/C27H29Cl2N3O3/c1-15(2)25(17-5-8-23-22(12-17)26(29)31-30-23)35-20-6-7-21-16(11-20)3-4-18(24(21)28)13-32-10-9-19(14-32)27(33)34/h5-8,11-12,15,19,25H,3-4,9-10,13-14H2,1-2H3,(H,30,31)(H,33,34). The molecule has 3 aromatic rings. The fourth-order valence-electron chi connectivity index (χ4n) is 5.16. The van der Waals surface area contributed by atoms with Crippen LogP contribution in [0.15, 0.2) is 42.0 Å². The minimum absolute atomic E-state index is 0.133. The molecule has 6 nitrogen and oxygen atoms in total. The fraction of sp³-hybridized carbons (Fsp3) is 0.407. The van der Waals surface area contributed by atoms with Gasteiger partial charge in [0.25, 0.3) is 0 Å². The summed E-state index contributed by atoms with van der Waals surface area (Å²) in [5.41, 5.74) is 5.36. The number of H-pyrrole nitrogens is 1. The van der Waals surface area contributed by atoms with Crippen LogP contribution in [0.25, 0.3) is 15.9 Å². The molecule has 35 heavy (non-hydrogen) atoms. The van der Waals surface area contributed by atoms with Crippen LogP contribution in [0.5, 0.6) is 5.75 Å². The van der Waals surface area contributed by atoms with Crippen LogP contribution >= 0.6 is 23.2 Å². The molecule has 2 atom stereocenters. The summed E-state index contributed by atoms with van der Waals surface area (Å²) >= 11 is 13.1. The number of aromatic nitrogens is 2. The molecule has 8 heteroatoms. The Morgan fingerprint density at radius 1 is 1.23 bits per heavy atom. The predicted octanol–water partition coefficient (Wildman–Crippen LogP) is 6.30. The number of aromatic amines is 1. The van der Waals surface area contributed by atoms with Gasteiger partial charge in [0.15, 0.2) is 5.15 Å². The van der Waals surface area contributed by atoms with Gasteiger partial charge < -0.3 is 9.84 Å². The second-order valence-electron chi connectivity index (χ2n) is 9.90. The first-order valence-electron chi connectivity index (χ1n) is 12.1. The molecular formula is C27H29Cl2N3O3. The highest BCUT2D eigenvalue weighted by atomic mass is 35.5. The molecule has 2 heterocycles. The van der Waals surface area contributed by atoms with Gasteiger partial charge in [-0.05, 0) is 84.3 Å². The lowest BCUT2D eigenvalue weighted by atomic mass is 9.91. The Kier molecular flexibility index (Phi) is 6.80. The van der Waals surface area contributed by atoms with Crippen molar-refractivity contribution in [1.82, 2.24) is 15.1 Å². The lowest BCUT2D eigenvalue weighted by Crippen LogP contribution is -2.26. The summed E-state index contributed by atoms with van der Waals surface area (Å²) in [6, 6.07) is 12.2. The molecule has 0 radical (unpaired) electrons. The molecule has 2 aromatic carbocycles. The van der Waals surface area contributed by atoms with E-state index >= 15 is 0 Å². The molecule has 2 unspecified atom stereocenters. The van der Waals surface area contributed by atoms with Gasteiger partial charge in [0, 0.05) is 23.5 Å². The quantitative estimate of drug-likeness (QED) is 0.387. The lowest BCUT2D eigenvalue weighted by Gasteiger charge is -2.26. The van der Waals surface area contributed by atoms with Gasteiger partial charge >= 0.3 is 5.97 Å². The molecule has 1 fully saturated rings. The van der Waals surface area contributed by atoms with E-state index in [4.69, 9.17) is 27.9 Å². The molecule has 0 saturated carbocycles. The minimum Gasteiger partial charge on any atom is -0.485 e. The number of carbonyl (C=O) groups is 1. The van der Waals surface area contributed by atoms with E-state index < -0.39 is 5.97 Å². The zero-order valence-electron chi connectivity index (χ0n) is 19.9. The molecule has 5 rings (SSSR count). The summed E-state index contributed by atoms with van der Waals surface area (Å²) in [6.07, 6.45) is 2.32. The number of halogens is 2. The van der Waals surface area contributed by atoms with Gasteiger partial charge in [-0.2, -0.15) is 5.10 Å². The van der Waals surface area contributed by atoms with Crippen LogP contribution in [0.1, 0.15) is 49.5 Å². The number of nitrogens with one attached hydrogen (secondary N) is 1. The minimum atomic E-state index is -0.707. The van der Waals surface area contributed by atoms with Crippen molar-refractivity contribution in [2.45, 2.75) is 39.2 Å². The van der Waals surface area contributed by atoms with Gasteiger partial charge in [-0.15, -0.1) is 0 Å². The van der Waals surface area contributed by atoms with E-state index in [9.17, 15) is 9.90 Å². The molecule has 1 aromatic heterocycles. The van der Waals surface area contributed by atoms with E-state index in [1.165, 1.54) is 11.1 Å². The van der Waals surface area contributed by atoms with Crippen molar-refractivity contribution in [3.63, 3.8) is 0 Å². The average molecular weight is 514 g/mol. The first-order chi connectivity index (χ1) is 16.8. The van der Waals surface area contributed by atoms with Gasteiger partial charge in [-0.1, -0.05) is 43.1 Å². The van der Waals surface area contributed by atoms with Crippen molar-refractivity contribution in [3.8, 4) is 5.75 Å². The van der Waals surface area contributed by atoms with E-state index in [-0.39, 0.29) is 17.9 Å². The molecule has 0 amide bonds. The van der Waals surface area contributed by atoms with Crippen molar-refractivity contribution in [1.29, 1.82) is 0 Å². The third kappa shape index (κ3) is 4.92. The monoisotopic (exact) mass is 513 g/mol. The van der Waals surface area contributed by atoms with Crippen LogP contribution in [0.2, 0.25) is 5.15 Å². The third-order valence-electron chi connectivity index (χ3n) is 7.09. The molecule has 2 N–H and O–H groups in total. The van der Waals surface area contributed by atoms with Crippen LogP contribution in [-0.2, 0) is 11.2 Å². The molecule has 0 spiro atoms. The number of nitrogens with zero attached hydrogens (tertiary/aromatic N) is 2. The highest BCUT2D eigenvalue weighted by molar-refractivity contribution is 6.49. The number of hydrogen-bond donors (Lipinski definition) is 2. The summed E-state index contributed by atoms with van der Waals surface area (Å²) < 4.78 is 6.50. The number of hydrogen-bond acceptors (Lipinski definition) is 4. The number of ether oxygens (including phenoxy) is 1. The highest BCUT2D eigenvalue weighted by Gasteiger charge is 2.29. The number of aliphatic carboxylic acids is 1. The Morgan fingerprint density at radius 3 is 2.80 bits per heavy atom. The van der Waals surface area contributed by atoms with Gasteiger partial charge in [0.1, 0.15) is 11.9 Å². The SMILES string of the molecule is CC(C)C(Oc1ccc2c(c1)CCC(CN1CCC(C(=O)O)C1)=C2Cl)c1ccc2[nH]nc(Cl)c2c1. The fourth-order valence-corrected chi connectivity index (χ4v) is 5.70. The summed E-state index contributed by atoms with van der Waals surface area (Å²) in [6.45, 7) is 6.41. The van der Waals surface area contributed by atoms with Gasteiger partial charge in [0.05, 0.1) is 11.4 Å². The van der Waals surface area contributed by atoms with Crippen molar-refractivity contribution in [2.75, 3.05) is 19.6 Å². The number of rotatable bonds is 7. The van der Waals surface area contributed by atoms with E-state index in [1.807, 2.05) is 24.3 Å². The Morgan fingerprint density at radius 2 is 2.06 bits per heavy atom. The van der Waals surface area contributed by atoms with Crippen molar-refractivity contribution in [3.05, 3.63) is 63.8 Å². The molecule has 0 bridgehead atoms. The Hall–Kier alpha value is -2.54. The number of aryl methyl sites for hydroxylation is 1. The largest absolute Gasteiger partial charge is 0.485 e. The zero-order valence-corrected chi connectivity index (χ0v) is 21.4. The third-order valence-corrected chi connectivity index (χ3v) is 7.85. The number of carboxylic acid groups (broad SMARTS) is 1. The first-order valence-corrected chi connectivity index (χ1v) is 12.8. The number of carboxylic acids is 1. The maximum Gasteiger partial charge on any atom is 0.307 e. The zero-order chi connectivity index (χ0) is 24.7. The highest BCUT2D eigenvalue weighted by Crippen LogP contribution is 2.38. The maximum atomic E-state index is 11.3. The van der Waals surface area contributed by atoms with Gasteiger partial charge in [-0.3, -0.25) is 14.8 Å². The summed E-state index contributed by atoms with van der Waals surface area (Å²) in [5.74, 6) is 0.0858. The van der Waals surface area contributed by atoms with Gasteiger partial charge in [-0.25, -0.2) is 0 Å². The van der Waals surface area contributed by atoms with Gasteiger partial charge in [0.2, 0.25) is 0 Å². The number of fused-ring (bicyclic) bond motifs is 2. The van der Waals surface area contributed by atoms with Crippen LogP contribution in [0.3, 0.4) is 0 Å². The summed E-state index contributed by atoms with van der Waals surface area (Å²) in [7, 11) is 0. The lowest BCUT2D eigenvalue weighted by molar-refractivity contribution is -0.141. The van der Waals surface area contributed by atoms with Crippen molar-refractivity contribution < 1.29 is 14.6 Å². The van der Waals surface area contributed by atoms with Crippen molar-refractivity contribution >= 4 is 45.1 Å². The molecular weight excluding hydrogens is 485 g/mol. The van der Waals surface area contributed by atoms with Crippen LogP contribution in [-0.4, -0.2) is 45.8 Å². The number of benzene rings is 2. The smallest absolute Gasteiger partial charge is 0.307 e. The van der Waals surface area contributed by atoms with E-state index in [2.05, 4.69) is 41.1 Å². The molecule has 1 saturated heterocycles. The Balaban J connectivity index is 1.34. The molecule has 2 aliphatic rings. The maximum absolute atomic E-state index is 11.3. The normalized spacial score (nSPS) is 19.4.